The fourth-order valence-electron chi connectivity index (χ4n) is 7.69. The van der Waals surface area contributed by atoms with Gasteiger partial charge in [0.05, 0.1) is 11.0 Å². The molecule has 0 amide bonds. The minimum Gasteiger partial charge on any atom is -0.309 e. The average Bonchev–Trinajstić information content (AvgIpc) is 3.61. The van der Waals surface area contributed by atoms with E-state index in [2.05, 4.69) is 150 Å². The van der Waals surface area contributed by atoms with E-state index >= 15 is 0 Å². The fourth-order valence-corrected chi connectivity index (χ4v) is 7.69. The Labute approximate surface area is 319 Å². The summed E-state index contributed by atoms with van der Waals surface area (Å²) in [4.78, 5) is 15.3. The number of hydrogen-bond donors (Lipinski definition) is 0. The summed E-state index contributed by atoms with van der Waals surface area (Å²) in [6, 6.07) is 72.4. The summed E-state index contributed by atoms with van der Waals surface area (Å²) in [5.41, 5.74) is 13.0. The van der Waals surface area contributed by atoms with Crippen molar-refractivity contribution in [3.05, 3.63) is 206 Å². The molecule has 0 aliphatic heterocycles. The van der Waals surface area contributed by atoms with E-state index in [0.29, 0.717) is 17.5 Å². The molecule has 258 valence electrons. The Kier molecular flexibility index (Phi) is 8.12. The SMILES string of the molecule is c1ccc(-c2nc(-c3ccccc3)nc(-c3cc(-c4ccccc4)c(-c4ccc5c(c4)c4ccccc4n5-c4ccccc4)c(-c4ccccc4)c3)n2)cc1. The van der Waals surface area contributed by atoms with Gasteiger partial charge in [0.1, 0.15) is 0 Å². The van der Waals surface area contributed by atoms with Gasteiger partial charge in [0.15, 0.2) is 17.5 Å². The molecule has 2 heterocycles. The molecule has 10 rings (SSSR count). The predicted octanol–water partition coefficient (Wildman–Crippen LogP) is 13.0. The molecule has 0 saturated heterocycles. The minimum atomic E-state index is 0.620. The molecule has 10 aromatic rings. The van der Waals surface area contributed by atoms with Gasteiger partial charge in [0, 0.05) is 33.2 Å². The van der Waals surface area contributed by atoms with Gasteiger partial charge in [-0.15, -0.1) is 0 Å². The Hall–Kier alpha value is -7.43. The third kappa shape index (κ3) is 5.96. The van der Waals surface area contributed by atoms with Crippen molar-refractivity contribution in [2.24, 2.45) is 0 Å². The van der Waals surface area contributed by atoms with Crippen LogP contribution in [-0.2, 0) is 0 Å². The lowest BCUT2D eigenvalue weighted by Crippen LogP contribution is -2.01. The number of nitrogens with zero attached hydrogens (tertiary/aromatic N) is 4. The molecular formula is C51H34N4. The highest BCUT2D eigenvalue weighted by atomic mass is 15.0. The molecule has 0 spiro atoms. The van der Waals surface area contributed by atoms with Gasteiger partial charge in [0.25, 0.3) is 0 Å². The third-order valence-corrected chi connectivity index (χ3v) is 10.2. The number of benzene rings is 8. The van der Waals surface area contributed by atoms with Crippen LogP contribution >= 0.6 is 0 Å². The molecule has 2 aromatic heterocycles. The van der Waals surface area contributed by atoms with E-state index in [0.717, 1.165) is 55.8 Å². The Bertz CT molecular complexity index is 2820. The summed E-state index contributed by atoms with van der Waals surface area (Å²) in [6.45, 7) is 0. The van der Waals surface area contributed by atoms with Crippen LogP contribution in [0.4, 0.5) is 0 Å². The highest BCUT2D eigenvalue weighted by Crippen LogP contribution is 2.45. The van der Waals surface area contributed by atoms with Crippen molar-refractivity contribution in [2.75, 3.05) is 0 Å². The van der Waals surface area contributed by atoms with Gasteiger partial charge in [-0.1, -0.05) is 164 Å². The first kappa shape index (κ1) is 32.2. The van der Waals surface area contributed by atoms with Crippen LogP contribution in [0.15, 0.2) is 206 Å². The Morgan fingerprint density at radius 1 is 0.291 bits per heavy atom. The van der Waals surface area contributed by atoms with E-state index in [-0.39, 0.29) is 0 Å². The van der Waals surface area contributed by atoms with E-state index < -0.39 is 0 Å². The Morgan fingerprint density at radius 2 is 0.709 bits per heavy atom. The largest absolute Gasteiger partial charge is 0.309 e. The topological polar surface area (TPSA) is 43.6 Å². The van der Waals surface area contributed by atoms with Crippen molar-refractivity contribution < 1.29 is 0 Å². The first-order valence-electron chi connectivity index (χ1n) is 18.5. The van der Waals surface area contributed by atoms with Crippen molar-refractivity contribution >= 4 is 21.8 Å². The monoisotopic (exact) mass is 702 g/mol. The Balaban J connectivity index is 1.26. The Morgan fingerprint density at radius 3 is 1.24 bits per heavy atom. The third-order valence-electron chi connectivity index (χ3n) is 10.2. The molecule has 0 aliphatic rings. The number of hydrogen-bond acceptors (Lipinski definition) is 3. The van der Waals surface area contributed by atoms with Crippen LogP contribution in [0.25, 0.3) is 95.0 Å². The van der Waals surface area contributed by atoms with Crippen LogP contribution in [-0.4, -0.2) is 19.5 Å². The van der Waals surface area contributed by atoms with Crippen LogP contribution in [0.3, 0.4) is 0 Å². The van der Waals surface area contributed by atoms with Crippen LogP contribution in [0.1, 0.15) is 0 Å². The molecule has 4 heteroatoms. The van der Waals surface area contributed by atoms with E-state index in [1.165, 1.54) is 21.8 Å². The maximum absolute atomic E-state index is 5.15. The molecule has 0 saturated carbocycles. The molecule has 0 atom stereocenters. The van der Waals surface area contributed by atoms with Crippen molar-refractivity contribution in [3.8, 4) is 73.2 Å². The summed E-state index contributed by atoms with van der Waals surface area (Å²) in [5.74, 6) is 1.89. The molecule has 8 aromatic carbocycles. The van der Waals surface area contributed by atoms with Gasteiger partial charge in [0.2, 0.25) is 0 Å². The quantitative estimate of drug-likeness (QED) is 0.166. The van der Waals surface area contributed by atoms with E-state index in [1.807, 2.05) is 60.7 Å². The molecule has 0 fully saturated rings. The van der Waals surface area contributed by atoms with Gasteiger partial charge in [-0.05, 0) is 75.8 Å². The number of fused-ring (bicyclic) bond motifs is 3. The van der Waals surface area contributed by atoms with Crippen LogP contribution in [0, 0.1) is 0 Å². The normalized spacial score (nSPS) is 11.3. The van der Waals surface area contributed by atoms with Gasteiger partial charge < -0.3 is 4.57 Å². The highest BCUT2D eigenvalue weighted by Gasteiger charge is 2.21. The molecule has 4 nitrogen and oxygen atoms in total. The standard InChI is InChI=1S/C51H34N4/c1-6-18-35(19-7-1)43-33-40(51-53-49(37-22-10-3-11-23-37)52-50(54-51)38-24-12-4-13-25-38)34-44(36-20-8-2-9-21-36)48(43)39-30-31-47-45(32-39)42-28-16-17-29-46(42)55(47)41-26-14-5-15-27-41/h1-34H. The molecule has 0 bridgehead atoms. The second-order valence-corrected chi connectivity index (χ2v) is 13.6. The van der Waals surface area contributed by atoms with Gasteiger partial charge in [-0.3, -0.25) is 0 Å². The predicted molar refractivity (Wildman–Crippen MR) is 227 cm³/mol. The number of rotatable bonds is 7. The summed E-state index contributed by atoms with van der Waals surface area (Å²) >= 11 is 0. The molecule has 55 heavy (non-hydrogen) atoms. The van der Waals surface area contributed by atoms with E-state index in [1.54, 1.807) is 0 Å². The zero-order chi connectivity index (χ0) is 36.6. The summed E-state index contributed by atoms with van der Waals surface area (Å²) in [5, 5.41) is 2.42. The second-order valence-electron chi connectivity index (χ2n) is 13.6. The zero-order valence-corrected chi connectivity index (χ0v) is 29.9. The first-order chi connectivity index (χ1) is 27.3. The summed E-state index contributed by atoms with van der Waals surface area (Å²) < 4.78 is 2.36. The van der Waals surface area contributed by atoms with Crippen LogP contribution in [0.5, 0.6) is 0 Å². The van der Waals surface area contributed by atoms with E-state index in [9.17, 15) is 0 Å². The van der Waals surface area contributed by atoms with Crippen molar-refractivity contribution in [3.63, 3.8) is 0 Å². The summed E-state index contributed by atoms with van der Waals surface area (Å²) in [6.07, 6.45) is 0. The lowest BCUT2D eigenvalue weighted by atomic mass is 9.85. The van der Waals surface area contributed by atoms with Crippen molar-refractivity contribution in [1.29, 1.82) is 0 Å². The lowest BCUT2D eigenvalue weighted by Gasteiger charge is -2.19. The second kappa shape index (κ2) is 13.8. The van der Waals surface area contributed by atoms with Crippen LogP contribution in [0.2, 0.25) is 0 Å². The number of aromatic nitrogens is 4. The van der Waals surface area contributed by atoms with Crippen molar-refractivity contribution in [1.82, 2.24) is 19.5 Å². The van der Waals surface area contributed by atoms with Crippen LogP contribution < -0.4 is 0 Å². The zero-order valence-electron chi connectivity index (χ0n) is 29.9. The maximum atomic E-state index is 5.15. The molecule has 0 aliphatic carbocycles. The average molecular weight is 703 g/mol. The minimum absolute atomic E-state index is 0.620. The van der Waals surface area contributed by atoms with Gasteiger partial charge in [-0.2, -0.15) is 0 Å². The molecule has 0 unspecified atom stereocenters. The smallest absolute Gasteiger partial charge is 0.164 e. The number of para-hydroxylation sites is 2. The van der Waals surface area contributed by atoms with E-state index in [4.69, 9.17) is 15.0 Å². The molecule has 0 N–H and O–H groups in total. The summed E-state index contributed by atoms with van der Waals surface area (Å²) in [7, 11) is 0. The lowest BCUT2D eigenvalue weighted by molar-refractivity contribution is 1.07. The van der Waals surface area contributed by atoms with Gasteiger partial charge in [-0.25, -0.2) is 15.0 Å². The first-order valence-corrected chi connectivity index (χ1v) is 18.5. The van der Waals surface area contributed by atoms with Crippen molar-refractivity contribution in [2.45, 2.75) is 0 Å². The fraction of sp³-hybridized carbons (Fsp3) is 0. The maximum Gasteiger partial charge on any atom is 0.164 e. The molecular weight excluding hydrogens is 669 g/mol. The van der Waals surface area contributed by atoms with Gasteiger partial charge >= 0.3 is 0 Å². The molecule has 0 radical (unpaired) electrons. The highest BCUT2D eigenvalue weighted by molar-refractivity contribution is 6.11.